The second-order valence-electron chi connectivity index (χ2n) is 4.85. The molecule has 0 radical (unpaired) electrons. The van der Waals surface area contributed by atoms with Crippen LogP contribution in [0, 0.1) is 0 Å². The minimum atomic E-state index is 0.236. The Balaban J connectivity index is 1.89. The quantitative estimate of drug-likeness (QED) is 0.830. The summed E-state index contributed by atoms with van der Waals surface area (Å²) in [6.45, 7) is 0. The van der Waals surface area contributed by atoms with Gasteiger partial charge in [-0.2, -0.15) is 0 Å². The highest BCUT2D eigenvalue weighted by molar-refractivity contribution is 7.16. The molecule has 1 unspecified atom stereocenters. The number of hydrogen-bond acceptors (Lipinski definition) is 4. The fraction of sp³-hybridized carbons (Fsp3) is 0.333. The Hall–Kier alpha value is -1.10. The summed E-state index contributed by atoms with van der Waals surface area (Å²) in [4.78, 5) is 1.36. The van der Waals surface area contributed by atoms with Gasteiger partial charge in [-0.25, -0.2) is 0 Å². The van der Waals surface area contributed by atoms with Crippen LogP contribution in [0.5, 0.6) is 11.5 Å². The van der Waals surface area contributed by atoms with Crippen LogP contribution in [0.1, 0.15) is 22.9 Å². The minimum absolute atomic E-state index is 0.236. The van der Waals surface area contributed by atoms with Crippen molar-refractivity contribution in [1.82, 2.24) is 0 Å². The Bertz CT molecular complexity index is 672. The second kappa shape index (κ2) is 5.95. The largest absolute Gasteiger partial charge is 0.493 e. The van der Waals surface area contributed by atoms with Gasteiger partial charge in [-0.3, -0.25) is 0 Å². The Morgan fingerprint density at radius 2 is 1.86 bits per heavy atom. The number of nitrogens with one attached hydrogen (secondary N) is 1. The normalized spacial score (nSPS) is 16.7. The molecule has 1 aliphatic carbocycles. The van der Waals surface area contributed by atoms with Gasteiger partial charge in [-0.05, 0) is 24.5 Å². The van der Waals surface area contributed by atoms with Crippen molar-refractivity contribution in [2.75, 3.05) is 19.5 Å². The summed E-state index contributed by atoms with van der Waals surface area (Å²) in [6, 6.07) is 5.91. The lowest BCUT2D eigenvalue weighted by atomic mass is 10.1. The van der Waals surface area contributed by atoms with E-state index in [1.807, 2.05) is 12.1 Å². The van der Waals surface area contributed by atoms with E-state index in [4.69, 9.17) is 32.7 Å². The molecular formula is C15H15Cl2NO2S. The van der Waals surface area contributed by atoms with Gasteiger partial charge < -0.3 is 14.8 Å². The fourth-order valence-electron chi connectivity index (χ4n) is 2.63. The summed E-state index contributed by atoms with van der Waals surface area (Å²) in [7, 11) is 3.21. The monoisotopic (exact) mass is 343 g/mol. The molecule has 1 aromatic heterocycles. The number of ether oxygens (including phenoxy) is 2. The first-order chi connectivity index (χ1) is 10.1. The van der Waals surface area contributed by atoms with Crippen LogP contribution in [0.2, 0.25) is 9.36 Å². The summed E-state index contributed by atoms with van der Waals surface area (Å²) >= 11 is 14.1. The van der Waals surface area contributed by atoms with Crippen molar-refractivity contribution in [2.24, 2.45) is 0 Å². The fourth-order valence-corrected chi connectivity index (χ4v) is 4.20. The van der Waals surface area contributed by atoms with E-state index in [1.54, 1.807) is 31.6 Å². The highest BCUT2D eigenvalue weighted by Crippen LogP contribution is 2.43. The topological polar surface area (TPSA) is 30.5 Å². The van der Waals surface area contributed by atoms with Crippen molar-refractivity contribution < 1.29 is 9.47 Å². The molecule has 21 heavy (non-hydrogen) atoms. The first-order valence-electron chi connectivity index (χ1n) is 6.58. The van der Waals surface area contributed by atoms with Gasteiger partial charge in [0.25, 0.3) is 0 Å². The highest BCUT2D eigenvalue weighted by Gasteiger charge is 2.26. The molecule has 1 aliphatic rings. The van der Waals surface area contributed by atoms with Gasteiger partial charge in [-0.15, -0.1) is 11.3 Å². The number of aryl methyl sites for hydroxylation is 1. The number of benzene rings is 1. The van der Waals surface area contributed by atoms with Gasteiger partial charge >= 0.3 is 0 Å². The summed E-state index contributed by atoms with van der Waals surface area (Å²) in [5.74, 6) is 1.28. The van der Waals surface area contributed by atoms with Crippen molar-refractivity contribution in [1.29, 1.82) is 0 Å². The van der Waals surface area contributed by atoms with E-state index in [0.29, 0.717) is 16.5 Å². The maximum atomic E-state index is 6.33. The molecule has 1 aromatic carbocycles. The molecule has 0 fully saturated rings. The van der Waals surface area contributed by atoms with E-state index in [1.165, 1.54) is 10.4 Å². The van der Waals surface area contributed by atoms with Gasteiger partial charge in [0, 0.05) is 17.0 Å². The number of halogens is 2. The second-order valence-corrected chi connectivity index (χ2v) is 7.03. The predicted octanol–water partition coefficient (Wildman–Crippen LogP) is 5.17. The first kappa shape index (κ1) is 14.8. The third-order valence-corrected chi connectivity index (χ3v) is 5.30. The molecular weight excluding hydrogens is 329 g/mol. The predicted molar refractivity (Wildman–Crippen MR) is 88.6 cm³/mol. The molecule has 0 bridgehead atoms. The van der Waals surface area contributed by atoms with E-state index in [0.717, 1.165) is 22.9 Å². The third kappa shape index (κ3) is 2.80. The molecule has 6 heteroatoms. The maximum Gasteiger partial charge on any atom is 0.162 e. The third-order valence-electron chi connectivity index (χ3n) is 3.65. The van der Waals surface area contributed by atoms with Gasteiger partial charge in [-0.1, -0.05) is 23.2 Å². The molecule has 2 aromatic rings. The number of anilines is 1. The first-order valence-corrected chi connectivity index (χ1v) is 8.15. The zero-order valence-electron chi connectivity index (χ0n) is 11.7. The number of thiophene rings is 1. The lowest BCUT2D eigenvalue weighted by molar-refractivity contribution is 0.355. The van der Waals surface area contributed by atoms with Gasteiger partial charge in [0.1, 0.15) is 0 Å². The molecule has 3 nitrogen and oxygen atoms in total. The Kier molecular flexibility index (Phi) is 4.20. The summed E-state index contributed by atoms with van der Waals surface area (Å²) in [5, 5.41) is 4.10. The molecule has 0 aliphatic heterocycles. The molecule has 3 rings (SSSR count). The van der Waals surface area contributed by atoms with Crippen LogP contribution in [0.4, 0.5) is 5.69 Å². The van der Waals surface area contributed by atoms with Crippen molar-refractivity contribution in [2.45, 2.75) is 18.9 Å². The van der Waals surface area contributed by atoms with Crippen LogP contribution in [0.25, 0.3) is 0 Å². The highest BCUT2D eigenvalue weighted by atomic mass is 35.5. The average molecular weight is 344 g/mol. The van der Waals surface area contributed by atoms with Gasteiger partial charge in [0.05, 0.1) is 35.3 Å². The van der Waals surface area contributed by atoms with Crippen LogP contribution >= 0.6 is 34.5 Å². The van der Waals surface area contributed by atoms with Crippen LogP contribution in [-0.2, 0) is 6.42 Å². The summed E-state index contributed by atoms with van der Waals surface area (Å²) in [5.41, 5.74) is 2.12. The average Bonchev–Trinajstić information content (AvgIpc) is 3.00. The molecule has 0 saturated heterocycles. The van der Waals surface area contributed by atoms with Crippen LogP contribution in [0.3, 0.4) is 0 Å². The molecule has 0 amide bonds. The zero-order valence-corrected chi connectivity index (χ0v) is 14.0. The number of hydrogen-bond donors (Lipinski definition) is 1. The summed E-state index contributed by atoms with van der Waals surface area (Å²) < 4.78 is 11.4. The molecule has 0 spiro atoms. The van der Waals surface area contributed by atoms with Crippen molar-refractivity contribution in [3.8, 4) is 11.5 Å². The molecule has 1 N–H and O–H groups in total. The van der Waals surface area contributed by atoms with Crippen LogP contribution < -0.4 is 14.8 Å². The standard InChI is InChI=1S/C15H15Cl2NO2S/c1-19-12-6-9(16)11(7-13(12)20-2)18-10-3-4-14-8(10)5-15(17)21-14/h5-7,10,18H,3-4H2,1-2H3. The van der Waals surface area contributed by atoms with Crippen molar-refractivity contribution in [3.05, 3.63) is 38.0 Å². The van der Waals surface area contributed by atoms with E-state index in [-0.39, 0.29) is 6.04 Å². The maximum absolute atomic E-state index is 6.33. The van der Waals surface area contributed by atoms with E-state index in [2.05, 4.69) is 5.32 Å². The van der Waals surface area contributed by atoms with E-state index >= 15 is 0 Å². The Morgan fingerprint density at radius 3 is 2.57 bits per heavy atom. The smallest absolute Gasteiger partial charge is 0.162 e. The SMILES string of the molecule is COc1cc(Cl)c(NC2CCc3sc(Cl)cc32)cc1OC. The van der Waals surface area contributed by atoms with Crippen molar-refractivity contribution in [3.63, 3.8) is 0 Å². The number of fused-ring (bicyclic) bond motifs is 1. The van der Waals surface area contributed by atoms with Gasteiger partial charge in [0.15, 0.2) is 11.5 Å². The minimum Gasteiger partial charge on any atom is -0.493 e. The van der Waals surface area contributed by atoms with Crippen molar-refractivity contribution >= 4 is 40.2 Å². The molecule has 1 atom stereocenters. The number of methoxy groups -OCH3 is 2. The lowest BCUT2D eigenvalue weighted by Crippen LogP contribution is -2.07. The van der Waals surface area contributed by atoms with Crippen LogP contribution in [-0.4, -0.2) is 14.2 Å². The lowest BCUT2D eigenvalue weighted by Gasteiger charge is -2.18. The zero-order chi connectivity index (χ0) is 15.0. The Labute approximate surface area is 137 Å². The molecule has 1 heterocycles. The van der Waals surface area contributed by atoms with E-state index < -0.39 is 0 Å². The molecule has 112 valence electrons. The van der Waals surface area contributed by atoms with E-state index in [9.17, 15) is 0 Å². The Morgan fingerprint density at radius 1 is 1.14 bits per heavy atom. The van der Waals surface area contributed by atoms with Gasteiger partial charge in [0.2, 0.25) is 0 Å². The summed E-state index contributed by atoms with van der Waals surface area (Å²) in [6.07, 6.45) is 2.10. The molecule has 0 saturated carbocycles. The number of rotatable bonds is 4. The van der Waals surface area contributed by atoms with Crippen LogP contribution in [0.15, 0.2) is 18.2 Å².